The first-order valence-corrected chi connectivity index (χ1v) is 15.7. The maximum Gasteiger partial charge on any atom is 0.341 e. The van der Waals surface area contributed by atoms with Crippen LogP contribution >= 0.6 is 23.1 Å². The minimum Gasteiger partial charge on any atom is -0.497 e. The Balaban J connectivity index is 1.35. The van der Waals surface area contributed by atoms with E-state index in [0.29, 0.717) is 32.9 Å². The predicted octanol–water partition coefficient (Wildman–Crippen LogP) is 5.36. The number of amides is 2. The van der Waals surface area contributed by atoms with Crippen molar-refractivity contribution < 1.29 is 23.9 Å². The Bertz CT molecular complexity index is 1650. The number of thiophene rings is 1. The van der Waals surface area contributed by atoms with Crippen LogP contribution < -0.4 is 15.4 Å². The lowest BCUT2D eigenvalue weighted by Gasteiger charge is -2.15. The predicted molar refractivity (Wildman–Crippen MR) is 167 cm³/mol. The molecule has 1 unspecified atom stereocenters. The van der Waals surface area contributed by atoms with Gasteiger partial charge in [0.25, 0.3) is 5.91 Å². The number of hydrogen-bond acceptors (Lipinski definition) is 9. The third kappa shape index (κ3) is 6.75. The fourth-order valence-corrected chi connectivity index (χ4v) is 7.02. The highest BCUT2D eigenvalue weighted by molar-refractivity contribution is 8.00. The summed E-state index contributed by atoms with van der Waals surface area (Å²) >= 11 is 2.70. The molecule has 0 saturated carbocycles. The minimum atomic E-state index is -0.568. The molecular formula is C31H33N5O5S2. The molecule has 2 N–H and O–H groups in total. The van der Waals surface area contributed by atoms with Crippen LogP contribution in [0.2, 0.25) is 0 Å². The van der Waals surface area contributed by atoms with Crippen LogP contribution in [-0.4, -0.2) is 51.5 Å². The lowest BCUT2D eigenvalue weighted by molar-refractivity contribution is -0.115. The molecule has 224 valence electrons. The molecule has 2 aromatic carbocycles. The first kappa shape index (κ1) is 30.3. The molecule has 0 bridgehead atoms. The highest BCUT2D eigenvalue weighted by atomic mass is 32.2. The Labute approximate surface area is 258 Å². The zero-order valence-electron chi connectivity index (χ0n) is 24.4. The largest absolute Gasteiger partial charge is 0.497 e. The summed E-state index contributed by atoms with van der Waals surface area (Å²) in [7, 11) is 1.57. The van der Waals surface area contributed by atoms with Gasteiger partial charge in [-0.3, -0.25) is 14.2 Å². The third-order valence-electron chi connectivity index (χ3n) is 7.01. The van der Waals surface area contributed by atoms with Gasteiger partial charge in [-0.25, -0.2) is 4.79 Å². The number of rotatable bonds is 11. The molecule has 1 atom stereocenters. The lowest BCUT2D eigenvalue weighted by atomic mass is 10.1. The van der Waals surface area contributed by atoms with Crippen molar-refractivity contribution in [2.45, 2.75) is 57.0 Å². The summed E-state index contributed by atoms with van der Waals surface area (Å²) in [6, 6.07) is 14.7. The second-order valence-electron chi connectivity index (χ2n) is 10.0. The van der Waals surface area contributed by atoms with Crippen LogP contribution in [0.5, 0.6) is 5.75 Å². The van der Waals surface area contributed by atoms with Crippen LogP contribution in [0.25, 0.3) is 5.69 Å². The number of anilines is 1. The molecular weight excluding hydrogens is 587 g/mol. The van der Waals surface area contributed by atoms with Crippen molar-refractivity contribution in [3.63, 3.8) is 0 Å². The van der Waals surface area contributed by atoms with E-state index in [9.17, 15) is 14.4 Å². The summed E-state index contributed by atoms with van der Waals surface area (Å²) in [5, 5.41) is 15.1. The average Bonchev–Trinajstić information content (AvgIpc) is 3.70. The van der Waals surface area contributed by atoms with Crippen LogP contribution in [0, 0.1) is 6.92 Å². The first-order valence-electron chi connectivity index (χ1n) is 14.0. The van der Waals surface area contributed by atoms with Crippen molar-refractivity contribution in [3.8, 4) is 11.4 Å². The highest BCUT2D eigenvalue weighted by Gasteiger charge is 2.30. The number of aromatic nitrogens is 3. The smallest absolute Gasteiger partial charge is 0.341 e. The highest BCUT2D eigenvalue weighted by Crippen LogP contribution is 2.40. The standard InChI is InChI=1S/C31H33N5O5S2/c1-5-41-30(39)26-23-10-7-11-24(23)43-29(26)33-27(37)19(3)42-31-35-34-25(36(31)21-9-6-8-18(2)16-21)17-32-28(38)20-12-14-22(40-4)15-13-20/h6,8-9,12-16,19H,5,7,10-11,17H2,1-4H3,(H,32,38)(H,33,37). The molecule has 4 aromatic rings. The Kier molecular flexibility index (Phi) is 9.46. The summed E-state index contributed by atoms with van der Waals surface area (Å²) in [4.78, 5) is 40.1. The van der Waals surface area contributed by atoms with Crippen LogP contribution in [0.1, 0.15) is 62.8 Å². The third-order valence-corrected chi connectivity index (χ3v) is 9.26. The van der Waals surface area contributed by atoms with Crippen LogP contribution in [0.3, 0.4) is 0 Å². The molecule has 12 heteroatoms. The van der Waals surface area contributed by atoms with Crippen molar-refractivity contribution in [2.24, 2.45) is 0 Å². The normalized spacial score (nSPS) is 12.8. The maximum atomic E-state index is 13.4. The van der Waals surface area contributed by atoms with Gasteiger partial charge in [0.15, 0.2) is 11.0 Å². The fraction of sp³-hybridized carbons (Fsp3) is 0.323. The van der Waals surface area contributed by atoms with Gasteiger partial charge in [0, 0.05) is 16.1 Å². The second-order valence-corrected chi connectivity index (χ2v) is 12.4. The molecule has 0 saturated heterocycles. The molecule has 5 rings (SSSR count). The van der Waals surface area contributed by atoms with Gasteiger partial charge in [0.1, 0.15) is 10.8 Å². The van der Waals surface area contributed by atoms with E-state index in [0.717, 1.165) is 41.0 Å². The average molecular weight is 620 g/mol. The molecule has 1 aliphatic rings. The number of hydrogen-bond donors (Lipinski definition) is 2. The molecule has 2 amide bonds. The van der Waals surface area contributed by atoms with Crippen LogP contribution in [0.4, 0.5) is 5.00 Å². The Hall–Kier alpha value is -4.16. The van der Waals surface area contributed by atoms with E-state index in [-0.39, 0.29) is 25.0 Å². The number of carbonyl (C=O) groups excluding carboxylic acids is 3. The van der Waals surface area contributed by atoms with E-state index in [1.54, 1.807) is 45.2 Å². The molecule has 0 spiro atoms. The Morgan fingerprint density at radius 3 is 2.63 bits per heavy atom. The molecule has 2 aromatic heterocycles. The number of carbonyl (C=O) groups is 3. The van der Waals surface area contributed by atoms with Crippen LogP contribution in [-0.2, 0) is 28.9 Å². The number of nitrogens with zero attached hydrogens (tertiary/aromatic N) is 3. The van der Waals surface area contributed by atoms with E-state index in [1.165, 1.54) is 23.1 Å². The van der Waals surface area contributed by atoms with Gasteiger partial charge < -0.3 is 20.1 Å². The second kappa shape index (κ2) is 13.4. The van der Waals surface area contributed by atoms with Gasteiger partial charge in [-0.15, -0.1) is 21.5 Å². The number of nitrogens with one attached hydrogen (secondary N) is 2. The first-order chi connectivity index (χ1) is 20.8. The number of methoxy groups -OCH3 is 1. The molecule has 2 heterocycles. The molecule has 0 aliphatic heterocycles. The summed E-state index contributed by atoms with van der Waals surface area (Å²) < 4.78 is 12.3. The summed E-state index contributed by atoms with van der Waals surface area (Å²) in [5.74, 6) is 0.253. The van der Waals surface area contributed by atoms with E-state index in [1.807, 2.05) is 35.8 Å². The molecule has 1 aliphatic carbocycles. The Morgan fingerprint density at radius 2 is 1.91 bits per heavy atom. The van der Waals surface area contributed by atoms with E-state index < -0.39 is 11.2 Å². The van der Waals surface area contributed by atoms with Crippen molar-refractivity contribution >= 4 is 45.9 Å². The number of esters is 1. The number of ether oxygens (including phenoxy) is 2. The zero-order chi connectivity index (χ0) is 30.5. The van der Waals surface area contributed by atoms with Gasteiger partial charge in [-0.1, -0.05) is 23.9 Å². The molecule has 0 fully saturated rings. The van der Waals surface area contributed by atoms with E-state index >= 15 is 0 Å². The number of fused-ring (bicyclic) bond motifs is 1. The lowest BCUT2D eigenvalue weighted by Crippen LogP contribution is -2.25. The van der Waals surface area contributed by atoms with Crippen molar-refractivity contribution in [1.29, 1.82) is 0 Å². The number of thioether (sulfide) groups is 1. The summed E-state index contributed by atoms with van der Waals surface area (Å²) in [6.45, 7) is 5.93. The summed E-state index contributed by atoms with van der Waals surface area (Å²) in [6.07, 6.45) is 2.69. The fourth-order valence-electron chi connectivity index (χ4n) is 4.86. The molecule has 0 radical (unpaired) electrons. The van der Waals surface area contributed by atoms with E-state index in [2.05, 4.69) is 20.8 Å². The van der Waals surface area contributed by atoms with Crippen LogP contribution in [0.15, 0.2) is 53.7 Å². The molecule has 10 nitrogen and oxygen atoms in total. The Morgan fingerprint density at radius 1 is 1.12 bits per heavy atom. The van der Waals surface area contributed by atoms with Gasteiger partial charge in [-0.2, -0.15) is 0 Å². The van der Waals surface area contributed by atoms with Gasteiger partial charge in [-0.05, 0) is 87.6 Å². The maximum absolute atomic E-state index is 13.4. The van der Waals surface area contributed by atoms with Gasteiger partial charge in [0.05, 0.1) is 31.1 Å². The summed E-state index contributed by atoms with van der Waals surface area (Å²) in [5.41, 5.74) is 3.80. The van der Waals surface area contributed by atoms with Crippen molar-refractivity contribution in [2.75, 3.05) is 19.0 Å². The quantitative estimate of drug-likeness (QED) is 0.170. The SMILES string of the molecule is CCOC(=O)c1c(NC(=O)C(C)Sc2nnc(CNC(=O)c3ccc(OC)cc3)n2-c2cccc(C)c2)sc2c1CCC2. The monoisotopic (exact) mass is 619 g/mol. The van der Waals surface area contributed by atoms with Crippen molar-refractivity contribution in [3.05, 3.63) is 81.5 Å². The van der Waals surface area contributed by atoms with Crippen molar-refractivity contribution in [1.82, 2.24) is 20.1 Å². The number of aryl methyl sites for hydroxylation is 2. The molecule has 43 heavy (non-hydrogen) atoms. The minimum absolute atomic E-state index is 0.122. The van der Waals surface area contributed by atoms with Gasteiger partial charge in [0.2, 0.25) is 5.91 Å². The van der Waals surface area contributed by atoms with E-state index in [4.69, 9.17) is 9.47 Å². The topological polar surface area (TPSA) is 124 Å². The zero-order valence-corrected chi connectivity index (χ0v) is 26.1. The van der Waals surface area contributed by atoms with Gasteiger partial charge >= 0.3 is 5.97 Å². The number of benzene rings is 2.